The van der Waals surface area contributed by atoms with E-state index in [4.69, 9.17) is 9.52 Å². The van der Waals surface area contributed by atoms with Gasteiger partial charge in [0.25, 0.3) is 0 Å². The molecule has 1 aromatic heterocycles. The average molecular weight is 240 g/mol. The van der Waals surface area contributed by atoms with Crippen molar-refractivity contribution in [3.63, 3.8) is 0 Å². The Kier molecular flexibility index (Phi) is 5.18. The van der Waals surface area contributed by atoms with Gasteiger partial charge in [-0.3, -0.25) is 9.69 Å². The summed E-state index contributed by atoms with van der Waals surface area (Å²) in [6.07, 6.45) is 1.63. The number of carboxylic acids is 1. The van der Waals surface area contributed by atoms with Gasteiger partial charge in [0.1, 0.15) is 5.76 Å². The van der Waals surface area contributed by atoms with Crippen molar-refractivity contribution < 1.29 is 14.3 Å². The first-order chi connectivity index (χ1) is 7.99. The molecule has 0 bridgehead atoms. The first-order valence-electron chi connectivity index (χ1n) is 5.61. The van der Waals surface area contributed by atoms with E-state index >= 15 is 0 Å². The number of furan rings is 1. The molecule has 0 amide bonds. The van der Waals surface area contributed by atoms with Crippen LogP contribution in [0.5, 0.6) is 0 Å². The van der Waals surface area contributed by atoms with E-state index in [1.807, 2.05) is 36.9 Å². The largest absolute Gasteiger partial charge is 0.480 e. The second kappa shape index (κ2) is 6.42. The van der Waals surface area contributed by atoms with E-state index in [-0.39, 0.29) is 6.54 Å². The number of aliphatic carboxylic acids is 1. The molecule has 5 heteroatoms. The monoisotopic (exact) mass is 240 g/mol. The van der Waals surface area contributed by atoms with Gasteiger partial charge in [0, 0.05) is 13.1 Å². The predicted octanol–water partition coefficient (Wildman–Crippen LogP) is 1.04. The molecule has 1 N–H and O–H groups in total. The van der Waals surface area contributed by atoms with Crippen molar-refractivity contribution in [3.8, 4) is 0 Å². The maximum Gasteiger partial charge on any atom is 0.317 e. The first-order valence-corrected chi connectivity index (χ1v) is 5.61. The lowest BCUT2D eigenvalue weighted by atomic mass is 10.2. The molecule has 0 spiro atoms. The van der Waals surface area contributed by atoms with Gasteiger partial charge in [-0.15, -0.1) is 0 Å². The standard InChI is InChI=1S/C12H20N2O3/c1-10-4-7-17-11(10)8-14(9-12(15)16)6-5-13(2)3/h4,7H,5-6,8-9H2,1-3H3,(H,15,16). The van der Waals surface area contributed by atoms with Crippen molar-refractivity contribution in [2.75, 3.05) is 33.7 Å². The summed E-state index contributed by atoms with van der Waals surface area (Å²) in [5.41, 5.74) is 1.06. The molecular formula is C12H20N2O3. The molecule has 0 aliphatic carbocycles. The van der Waals surface area contributed by atoms with Gasteiger partial charge in [-0.25, -0.2) is 0 Å². The van der Waals surface area contributed by atoms with Crippen molar-refractivity contribution in [2.24, 2.45) is 0 Å². The summed E-state index contributed by atoms with van der Waals surface area (Å²) in [6, 6.07) is 1.89. The molecule has 1 rings (SSSR count). The highest BCUT2D eigenvalue weighted by Crippen LogP contribution is 2.11. The molecule has 17 heavy (non-hydrogen) atoms. The smallest absolute Gasteiger partial charge is 0.317 e. The maximum atomic E-state index is 10.8. The molecule has 0 radical (unpaired) electrons. The Hall–Kier alpha value is -1.33. The molecule has 0 fully saturated rings. The number of aryl methyl sites for hydroxylation is 1. The fourth-order valence-electron chi connectivity index (χ4n) is 1.52. The summed E-state index contributed by atoms with van der Waals surface area (Å²) < 4.78 is 5.33. The third kappa shape index (κ3) is 5.01. The highest BCUT2D eigenvalue weighted by Gasteiger charge is 2.13. The SMILES string of the molecule is Cc1ccoc1CN(CCN(C)C)CC(=O)O. The van der Waals surface area contributed by atoms with E-state index in [9.17, 15) is 4.79 Å². The van der Waals surface area contributed by atoms with E-state index in [1.165, 1.54) is 0 Å². The molecule has 5 nitrogen and oxygen atoms in total. The Morgan fingerprint density at radius 1 is 1.41 bits per heavy atom. The van der Waals surface area contributed by atoms with Crippen molar-refractivity contribution >= 4 is 5.97 Å². The summed E-state index contributed by atoms with van der Waals surface area (Å²) in [5, 5.41) is 8.86. The van der Waals surface area contributed by atoms with Crippen LogP contribution < -0.4 is 0 Å². The zero-order valence-corrected chi connectivity index (χ0v) is 10.6. The Morgan fingerprint density at radius 2 is 2.12 bits per heavy atom. The van der Waals surface area contributed by atoms with Crippen molar-refractivity contribution in [1.29, 1.82) is 0 Å². The van der Waals surface area contributed by atoms with E-state index in [0.717, 1.165) is 17.9 Å². The number of carbonyl (C=O) groups is 1. The first kappa shape index (κ1) is 13.7. The highest BCUT2D eigenvalue weighted by molar-refractivity contribution is 5.69. The van der Waals surface area contributed by atoms with Crippen molar-refractivity contribution in [3.05, 3.63) is 23.7 Å². The van der Waals surface area contributed by atoms with Crippen LogP contribution in [0.25, 0.3) is 0 Å². The Morgan fingerprint density at radius 3 is 2.59 bits per heavy atom. The van der Waals surface area contributed by atoms with Gasteiger partial charge in [-0.1, -0.05) is 0 Å². The summed E-state index contributed by atoms with van der Waals surface area (Å²) >= 11 is 0. The quantitative estimate of drug-likeness (QED) is 0.771. The molecule has 0 aliphatic heterocycles. The maximum absolute atomic E-state index is 10.8. The zero-order valence-electron chi connectivity index (χ0n) is 10.6. The van der Waals surface area contributed by atoms with Gasteiger partial charge >= 0.3 is 5.97 Å². The van der Waals surface area contributed by atoms with Crippen LogP contribution in [-0.2, 0) is 11.3 Å². The van der Waals surface area contributed by atoms with Crippen LogP contribution in [0, 0.1) is 6.92 Å². The molecule has 0 atom stereocenters. The summed E-state index contributed by atoms with van der Waals surface area (Å²) in [5.74, 6) is 0.0259. The molecule has 0 unspecified atom stereocenters. The minimum atomic E-state index is -0.812. The number of hydrogen-bond acceptors (Lipinski definition) is 4. The fourth-order valence-corrected chi connectivity index (χ4v) is 1.52. The van der Waals surface area contributed by atoms with Crippen LogP contribution in [-0.4, -0.2) is 54.6 Å². The number of carboxylic acid groups (broad SMARTS) is 1. The van der Waals surface area contributed by atoms with Gasteiger partial charge in [0.05, 0.1) is 19.4 Å². The van der Waals surface area contributed by atoms with Gasteiger partial charge < -0.3 is 14.4 Å². The number of likely N-dealkylation sites (N-methyl/N-ethyl adjacent to an activating group) is 1. The molecule has 1 aromatic rings. The Balaban J connectivity index is 2.57. The lowest BCUT2D eigenvalue weighted by Crippen LogP contribution is -2.35. The third-order valence-electron chi connectivity index (χ3n) is 2.56. The normalized spacial score (nSPS) is 11.4. The zero-order chi connectivity index (χ0) is 12.8. The van der Waals surface area contributed by atoms with Crippen molar-refractivity contribution in [1.82, 2.24) is 9.80 Å². The van der Waals surface area contributed by atoms with E-state index < -0.39 is 5.97 Å². The summed E-state index contributed by atoms with van der Waals surface area (Å²) in [6.45, 7) is 4.07. The Bertz CT molecular complexity index is 360. The highest BCUT2D eigenvalue weighted by atomic mass is 16.4. The van der Waals surface area contributed by atoms with Crippen LogP contribution in [0.1, 0.15) is 11.3 Å². The van der Waals surface area contributed by atoms with E-state index in [0.29, 0.717) is 13.1 Å². The van der Waals surface area contributed by atoms with Crippen molar-refractivity contribution in [2.45, 2.75) is 13.5 Å². The lowest BCUT2D eigenvalue weighted by molar-refractivity contribution is -0.138. The van der Waals surface area contributed by atoms with Crippen LogP contribution in [0.4, 0.5) is 0 Å². The predicted molar refractivity (Wildman–Crippen MR) is 64.9 cm³/mol. The second-order valence-corrected chi connectivity index (χ2v) is 4.43. The van der Waals surface area contributed by atoms with Gasteiger partial charge in [0.15, 0.2) is 0 Å². The average Bonchev–Trinajstić information content (AvgIpc) is 2.60. The second-order valence-electron chi connectivity index (χ2n) is 4.43. The molecule has 0 aromatic carbocycles. The number of rotatable bonds is 7. The minimum Gasteiger partial charge on any atom is -0.480 e. The molecule has 96 valence electrons. The van der Waals surface area contributed by atoms with Gasteiger partial charge in [-0.05, 0) is 32.6 Å². The molecule has 0 aliphatic rings. The van der Waals surface area contributed by atoms with E-state index in [2.05, 4.69) is 0 Å². The fraction of sp³-hybridized carbons (Fsp3) is 0.583. The molecule has 0 saturated heterocycles. The molecular weight excluding hydrogens is 220 g/mol. The van der Waals surface area contributed by atoms with Gasteiger partial charge in [0.2, 0.25) is 0 Å². The summed E-state index contributed by atoms with van der Waals surface area (Å²) in [7, 11) is 3.94. The van der Waals surface area contributed by atoms with E-state index in [1.54, 1.807) is 6.26 Å². The number of hydrogen-bond donors (Lipinski definition) is 1. The third-order valence-corrected chi connectivity index (χ3v) is 2.56. The lowest BCUT2D eigenvalue weighted by Gasteiger charge is -2.21. The van der Waals surface area contributed by atoms with Crippen LogP contribution >= 0.6 is 0 Å². The van der Waals surface area contributed by atoms with Crippen LogP contribution in [0.2, 0.25) is 0 Å². The van der Waals surface area contributed by atoms with Gasteiger partial charge in [-0.2, -0.15) is 0 Å². The summed E-state index contributed by atoms with van der Waals surface area (Å²) in [4.78, 5) is 14.7. The van der Waals surface area contributed by atoms with Crippen LogP contribution in [0.3, 0.4) is 0 Å². The molecule has 0 saturated carbocycles. The molecule has 1 heterocycles. The topological polar surface area (TPSA) is 56.9 Å². The number of nitrogens with zero attached hydrogens (tertiary/aromatic N) is 2. The Labute approximate surface area is 102 Å². The van der Waals surface area contributed by atoms with Crippen LogP contribution in [0.15, 0.2) is 16.7 Å². The minimum absolute atomic E-state index is 0.0357.